The SMILES string of the molecule is FC(F)n1cc(-c2cnn3ccc(OCc4ccccc4)nc23)cn1. The third-order valence-electron chi connectivity index (χ3n) is 3.69. The second-order valence-corrected chi connectivity index (χ2v) is 5.35. The molecule has 6 nitrogen and oxygen atoms in total. The second-order valence-electron chi connectivity index (χ2n) is 5.35. The Labute approximate surface area is 141 Å². The molecule has 0 radical (unpaired) electrons. The molecular formula is C17H13F2N5O. The van der Waals surface area contributed by atoms with Crippen LogP contribution in [0.3, 0.4) is 0 Å². The molecule has 3 aromatic heterocycles. The summed E-state index contributed by atoms with van der Waals surface area (Å²) in [5.74, 6) is 0.430. The van der Waals surface area contributed by atoms with E-state index >= 15 is 0 Å². The van der Waals surface area contributed by atoms with E-state index in [1.54, 1.807) is 23.0 Å². The van der Waals surface area contributed by atoms with Crippen molar-refractivity contribution in [2.45, 2.75) is 13.2 Å². The fourth-order valence-corrected chi connectivity index (χ4v) is 2.45. The maximum Gasteiger partial charge on any atom is 0.333 e. The lowest BCUT2D eigenvalue weighted by molar-refractivity contribution is 0.0566. The molecule has 0 fully saturated rings. The Kier molecular flexibility index (Phi) is 3.85. The summed E-state index contributed by atoms with van der Waals surface area (Å²) in [6.07, 6.45) is 5.91. The Bertz CT molecular complexity index is 997. The van der Waals surface area contributed by atoms with Gasteiger partial charge < -0.3 is 4.74 Å². The van der Waals surface area contributed by atoms with Crippen LogP contribution in [0, 0.1) is 0 Å². The molecule has 0 atom stereocenters. The lowest BCUT2D eigenvalue weighted by atomic mass is 10.2. The molecule has 25 heavy (non-hydrogen) atoms. The number of alkyl halides is 2. The van der Waals surface area contributed by atoms with Gasteiger partial charge in [0.25, 0.3) is 0 Å². The van der Waals surface area contributed by atoms with Gasteiger partial charge in [-0.05, 0) is 5.56 Å². The molecule has 0 saturated carbocycles. The predicted octanol–water partition coefficient (Wildman–Crippen LogP) is 3.57. The van der Waals surface area contributed by atoms with Gasteiger partial charge in [0.15, 0.2) is 5.65 Å². The van der Waals surface area contributed by atoms with Gasteiger partial charge in [-0.3, -0.25) is 0 Å². The van der Waals surface area contributed by atoms with E-state index in [4.69, 9.17) is 4.74 Å². The molecular weight excluding hydrogens is 328 g/mol. The minimum Gasteiger partial charge on any atom is -0.473 e. The number of hydrogen-bond acceptors (Lipinski definition) is 4. The van der Waals surface area contributed by atoms with E-state index in [0.717, 1.165) is 5.56 Å². The normalized spacial score (nSPS) is 11.3. The lowest BCUT2D eigenvalue weighted by Crippen LogP contribution is -1.99. The highest BCUT2D eigenvalue weighted by molar-refractivity contribution is 5.76. The molecule has 8 heteroatoms. The van der Waals surface area contributed by atoms with E-state index in [-0.39, 0.29) is 0 Å². The predicted molar refractivity (Wildman–Crippen MR) is 86.2 cm³/mol. The number of halogens is 2. The zero-order valence-electron chi connectivity index (χ0n) is 13.0. The molecule has 0 unspecified atom stereocenters. The van der Waals surface area contributed by atoms with Crippen LogP contribution in [0.2, 0.25) is 0 Å². The average Bonchev–Trinajstić information content (AvgIpc) is 3.27. The summed E-state index contributed by atoms with van der Waals surface area (Å²) in [6, 6.07) is 11.4. The number of aromatic nitrogens is 5. The second kappa shape index (κ2) is 6.31. The Morgan fingerprint density at radius 1 is 1.04 bits per heavy atom. The monoisotopic (exact) mass is 341 g/mol. The van der Waals surface area contributed by atoms with Crippen molar-refractivity contribution in [3.63, 3.8) is 0 Å². The van der Waals surface area contributed by atoms with Crippen LogP contribution >= 0.6 is 0 Å². The van der Waals surface area contributed by atoms with Gasteiger partial charge in [0.1, 0.15) is 6.61 Å². The Hall–Kier alpha value is -3.29. The number of hydrogen-bond donors (Lipinski definition) is 0. The summed E-state index contributed by atoms with van der Waals surface area (Å²) in [6.45, 7) is -2.30. The fourth-order valence-electron chi connectivity index (χ4n) is 2.45. The first kappa shape index (κ1) is 15.3. The van der Waals surface area contributed by atoms with Crippen molar-refractivity contribution < 1.29 is 13.5 Å². The number of nitrogens with zero attached hydrogens (tertiary/aromatic N) is 5. The molecule has 0 saturated heterocycles. The third kappa shape index (κ3) is 3.06. The Balaban J connectivity index is 1.63. The first-order valence-electron chi connectivity index (χ1n) is 7.54. The zero-order valence-corrected chi connectivity index (χ0v) is 13.0. The van der Waals surface area contributed by atoms with Crippen molar-refractivity contribution in [1.29, 1.82) is 0 Å². The molecule has 0 bridgehead atoms. The zero-order chi connectivity index (χ0) is 17.2. The maximum atomic E-state index is 12.7. The number of benzene rings is 1. The highest BCUT2D eigenvalue weighted by atomic mass is 19.3. The van der Waals surface area contributed by atoms with E-state index in [1.807, 2.05) is 30.3 Å². The van der Waals surface area contributed by atoms with E-state index in [9.17, 15) is 8.78 Å². The molecule has 0 amide bonds. The molecule has 126 valence electrons. The van der Waals surface area contributed by atoms with Gasteiger partial charge in [-0.1, -0.05) is 30.3 Å². The van der Waals surface area contributed by atoms with Crippen molar-refractivity contribution in [3.05, 3.63) is 66.7 Å². The van der Waals surface area contributed by atoms with Crippen LogP contribution < -0.4 is 4.74 Å². The van der Waals surface area contributed by atoms with Gasteiger partial charge in [0, 0.05) is 29.6 Å². The Morgan fingerprint density at radius 3 is 2.64 bits per heavy atom. The van der Waals surface area contributed by atoms with E-state index in [0.29, 0.717) is 33.9 Å². The van der Waals surface area contributed by atoms with Crippen LogP contribution in [0.5, 0.6) is 5.88 Å². The van der Waals surface area contributed by atoms with Crippen LogP contribution in [0.15, 0.2) is 61.2 Å². The van der Waals surface area contributed by atoms with Gasteiger partial charge in [-0.15, -0.1) is 0 Å². The molecule has 0 spiro atoms. The standard InChI is InChI=1S/C17H13F2N5O/c18-17(19)24-10-13(8-20-24)14-9-21-23-7-6-15(22-16(14)23)25-11-12-4-2-1-3-5-12/h1-10,17H,11H2. The smallest absolute Gasteiger partial charge is 0.333 e. The van der Waals surface area contributed by atoms with Gasteiger partial charge >= 0.3 is 6.55 Å². The number of rotatable bonds is 5. The van der Waals surface area contributed by atoms with Crippen LogP contribution in [0.1, 0.15) is 12.1 Å². The molecule has 4 rings (SSSR count). The van der Waals surface area contributed by atoms with Crippen molar-refractivity contribution in [1.82, 2.24) is 24.4 Å². The molecule has 1 aromatic carbocycles. The minimum absolute atomic E-state index is 0.386. The first-order chi connectivity index (χ1) is 12.2. The largest absolute Gasteiger partial charge is 0.473 e. The maximum absolute atomic E-state index is 12.7. The van der Waals surface area contributed by atoms with Crippen LogP contribution in [-0.4, -0.2) is 24.4 Å². The van der Waals surface area contributed by atoms with Crippen molar-refractivity contribution >= 4 is 5.65 Å². The molecule has 0 aliphatic rings. The summed E-state index contributed by atoms with van der Waals surface area (Å²) in [5.41, 5.74) is 2.66. The molecule has 0 N–H and O–H groups in total. The summed E-state index contributed by atoms with van der Waals surface area (Å²) in [5, 5.41) is 7.83. The number of ether oxygens (including phenoxy) is 1. The summed E-state index contributed by atoms with van der Waals surface area (Å²) < 4.78 is 33.3. The topological polar surface area (TPSA) is 57.2 Å². The highest BCUT2D eigenvalue weighted by Crippen LogP contribution is 2.25. The molecule has 0 aliphatic heterocycles. The molecule has 3 heterocycles. The van der Waals surface area contributed by atoms with Crippen LogP contribution in [-0.2, 0) is 6.61 Å². The van der Waals surface area contributed by atoms with E-state index in [2.05, 4.69) is 15.2 Å². The van der Waals surface area contributed by atoms with E-state index in [1.165, 1.54) is 12.4 Å². The molecule has 0 aliphatic carbocycles. The van der Waals surface area contributed by atoms with Gasteiger partial charge in [0.05, 0.1) is 12.4 Å². The fraction of sp³-hybridized carbons (Fsp3) is 0.118. The van der Waals surface area contributed by atoms with Crippen molar-refractivity contribution in [3.8, 4) is 17.0 Å². The summed E-state index contributed by atoms with van der Waals surface area (Å²) >= 11 is 0. The minimum atomic E-state index is -2.69. The Morgan fingerprint density at radius 2 is 1.88 bits per heavy atom. The van der Waals surface area contributed by atoms with Gasteiger partial charge in [-0.25, -0.2) is 9.20 Å². The average molecular weight is 341 g/mol. The lowest BCUT2D eigenvalue weighted by Gasteiger charge is -2.06. The van der Waals surface area contributed by atoms with Gasteiger partial charge in [0.2, 0.25) is 5.88 Å². The van der Waals surface area contributed by atoms with Crippen molar-refractivity contribution in [2.75, 3.05) is 0 Å². The van der Waals surface area contributed by atoms with Gasteiger partial charge in [-0.2, -0.15) is 24.0 Å². The number of fused-ring (bicyclic) bond motifs is 1. The summed E-state index contributed by atoms with van der Waals surface area (Å²) in [7, 11) is 0. The first-order valence-corrected chi connectivity index (χ1v) is 7.54. The molecule has 4 aromatic rings. The van der Waals surface area contributed by atoms with Crippen LogP contribution in [0.4, 0.5) is 8.78 Å². The van der Waals surface area contributed by atoms with Crippen molar-refractivity contribution in [2.24, 2.45) is 0 Å². The van der Waals surface area contributed by atoms with Crippen LogP contribution in [0.25, 0.3) is 16.8 Å². The quantitative estimate of drug-likeness (QED) is 0.557. The summed E-state index contributed by atoms with van der Waals surface area (Å²) in [4.78, 5) is 4.43. The van der Waals surface area contributed by atoms with E-state index < -0.39 is 6.55 Å². The highest BCUT2D eigenvalue weighted by Gasteiger charge is 2.14. The third-order valence-corrected chi connectivity index (χ3v) is 3.69.